The highest BCUT2D eigenvalue weighted by molar-refractivity contribution is 7.15. The molecule has 0 fully saturated rings. The number of carbonyl (C=O) groups is 1. The second-order valence-electron chi connectivity index (χ2n) is 3.65. The van der Waals surface area contributed by atoms with E-state index in [1.165, 1.54) is 11.3 Å². The SMILES string of the molecule is CCOC(=O)N1CCCc2nc(N)sc2C1. The molecular formula is C10H15N3O2S. The number of nitrogens with two attached hydrogens (primary N) is 1. The monoisotopic (exact) mass is 241 g/mol. The Morgan fingerprint density at radius 3 is 3.25 bits per heavy atom. The molecule has 0 radical (unpaired) electrons. The van der Waals surface area contributed by atoms with Gasteiger partial charge in [0.25, 0.3) is 0 Å². The van der Waals surface area contributed by atoms with Gasteiger partial charge >= 0.3 is 6.09 Å². The number of anilines is 1. The molecule has 2 N–H and O–H groups in total. The maximum Gasteiger partial charge on any atom is 0.410 e. The van der Waals surface area contributed by atoms with Crippen molar-refractivity contribution in [3.05, 3.63) is 10.6 Å². The lowest BCUT2D eigenvalue weighted by atomic mass is 10.2. The summed E-state index contributed by atoms with van der Waals surface area (Å²) in [6.45, 7) is 3.52. The third-order valence-electron chi connectivity index (χ3n) is 2.50. The molecular weight excluding hydrogens is 226 g/mol. The summed E-state index contributed by atoms with van der Waals surface area (Å²) in [6, 6.07) is 0. The fourth-order valence-corrected chi connectivity index (χ4v) is 2.68. The van der Waals surface area contributed by atoms with Gasteiger partial charge in [-0.05, 0) is 19.8 Å². The van der Waals surface area contributed by atoms with E-state index in [2.05, 4.69) is 4.98 Å². The molecule has 5 nitrogen and oxygen atoms in total. The minimum atomic E-state index is -0.248. The number of nitrogens with zero attached hydrogens (tertiary/aromatic N) is 2. The molecule has 1 amide bonds. The summed E-state index contributed by atoms with van der Waals surface area (Å²) < 4.78 is 5.00. The number of hydrogen-bond acceptors (Lipinski definition) is 5. The molecule has 2 heterocycles. The van der Waals surface area contributed by atoms with Gasteiger partial charge in [0.2, 0.25) is 0 Å². The molecule has 0 aromatic carbocycles. The van der Waals surface area contributed by atoms with Crippen LogP contribution in [-0.4, -0.2) is 29.1 Å². The molecule has 1 aliphatic heterocycles. The zero-order valence-electron chi connectivity index (χ0n) is 9.23. The fraction of sp³-hybridized carbons (Fsp3) is 0.600. The van der Waals surface area contributed by atoms with E-state index in [9.17, 15) is 4.79 Å². The van der Waals surface area contributed by atoms with Crippen LogP contribution in [0.25, 0.3) is 0 Å². The van der Waals surface area contributed by atoms with E-state index in [4.69, 9.17) is 10.5 Å². The highest BCUT2D eigenvalue weighted by Gasteiger charge is 2.22. The molecule has 16 heavy (non-hydrogen) atoms. The molecule has 0 bridgehead atoms. The second kappa shape index (κ2) is 4.69. The first-order valence-electron chi connectivity index (χ1n) is 5.36. The van der Waals surface area contributed by atoms with E-state index in [0.29, 0.717) is 18.3 Å². The van der Waals surface area contributed by atoms with Crippen LogP contribution in [0.5, 0.6) is 0 Å². The summed E-state index contributed by atoms with van der Waals surface area (Å²) in [5.74, 6) is 0. The van der Waals surface area contributed by atoms with E-state index < -0.39 is 0 Å². The predicted octanol–water partition coefficient (Wildman–Crippen LogP) is 1.63. The summed E-state index contributed by atoms with van der Waals surface area (Å²) in [5.41, 5.74) is 6.70. The van der Waals surface area contributed by atoms with E-state index in [-0.39, 0.29) is 6.09 Å². The largest absolute Gasteiger partial charge is 0.450 e. The van der Waals surface area contributed by atoms with Crippen molar-refractivity contribution >= 4 is 22.6 Å². The molecule has 1 aliphatic rings. The number of nitrogen functional groups attached to an aromatic ring is 1. The zero-order chi connectivity index (χ0) is 11.5. The van der Waals surface area contributed by atoms with Crippen LogP contribution in [0.3, 0.4) is 0 Å². The van der Waals surface area contributed by atoms with E-state index >= 15 is 0 Å². The van der Waals surface area contributed by atoms with Gasteiger partial charge in [-0.1, -0.05) is 0 Å². The quantitative estimate of drug-likeness (QED) is 0.811. The van der Waals surface area contributed by atoms with Crippen molar-refractivity contribution in [1.82, 2.24) is 9.88 Å². The normalized spacial score (nSPS) is 15.4. The third-order valence-corrected chi connectivity index (χ3v) is 3.41. The number of thiazole rings is 1. The van der Waals surface area contributed by atoms with Gasteiger partial charge < -0.3 is 15.4 Å². The lowest BCUT2D eigenvalue weighted by Gasteiger charge is -2.18. The maximum absolute atomic E-state index is 11.6. The van der Waals surface area contributed by atoms with Crippen molar-refractivity contribution < 1.29 is 9.53 Å². The van der Waals surface area contributed by atoms with Gasteiger partial charge in [-0.15, -0.1) is 11.3 Å². The minimum absolute atomic E-state index is 0.248. The topological polar surface area (TPSA) is 68.5 Å². The van der Waals surface area contributed by atoms with Crippen molar-refractivity contribution in [2.45, 2.75) is 26.3 Å². The number of aromatic nitrogens is 1. The number of ether oxygens (including phenoxy) is 1. The van der Waals surface area contributed by atoms with Crippen LogP contribution >= 0.6 is 11.3 Å². The van der Waals surface area contributed by atoms with Gasteiger partial charge in [0.1, 0.15) is 0 Å². The average Bonchev–Trinajstić information content (AvgIpc) is 2.46. The Kier molecular flexibility index (Phi) is 3.28. The van der Waals surface area contributed by atoms with Gasteiger partial charge in [0.05, 0.1) is 18.8 Å². The Bertz CT molecular complexity index is 391. The van der Waals surface area contributed by atoms with Crippen LogP contribution in [0.4, 0.5) is 9.93 Å². The first kappa shape index (κ1) is 11.2. The van der Waals surface area contributed by atoms with Crippen molar-refractivity contribution in [2.75, 3.05) is 18.9 Å². The number of rotatable bonds is 1. The fourth-order valence-electron chi connectivity index (χ4n) is 1.78. The Morgan fingerprint density at radius 2 is 2.50 bits per heavy atom. The molecule has 88 valence electrons. The molecule has 1 aromatic rings. The lowest BCUT2D eigenvalue weighted by molar-refractivity contribution is 0.105. The summed E-state index contributed by atoms with van der Waals surface area (Å²) >= 11 is 1.46. The Labute approximate surface area is 98.2 Å². The lowest BCUT2D eigenvalue weighted by Crippen LogP contribution is -2.31. The van der Waals surface area contributed by atoms with Crippen molar-refractivity contribution in [3.8, 4) is 0 Å². The Balaban J connectivity index is 2.12. The molecule has 0 atom stereocenters. The molecule has 0 saturated carbocycles. The molecule has 0 unspecified atom stereocenters. The van der Waals surface area contributed by atoms with Gasteiger partial charge in [0.15, 0.2) is 5.13 Å². The standard InChI is InChI=1S/C10H15N3O2S/c1-2-15-10(14)13-5-3-4-7-8(6-13)16-9(11)12-7/h2-6H2,1H3,(H2,11,12). The van der Waals surface area contributed by atoms with E-state index in [1.807, 2.05) is 6.92 Å². The minimum Gasteiger partial charge on any atom is -0.450 e. The van der Waals surface area contributed by atoms with Gasteiger partial charge in [-0.2, -0.15) is 0 Å². The molecule has 6 heteroatoms. The van der Waals surface area contributed by atoms with Crippen molar-refractivity contribution in [2.24, 2.45) is 0 Å². The molecule has 2 rings (SSSR count). The summed E-state index contributed by atoms with van der Waals surface area (Å²) in [5, 5.41) is 0.579. The molecule has 0 saturated heterocycles. The smallest absolute Gasteiger partial charge is 0.410 e. The van der Waals surface area contributed by atoms with Gasteiger partial charge in [0, 0.05) is 11.4 Å². The Morgan fingerprint density at radius 1 is 1.69 bits per heavy atom. The summed E-state index contributed by atoms with van der Waals surface area (Å²) in [4.78, 5) is 18.7. The molecule has 0 aliphatic carbocycles. The van der Waals surface area contributed by atoms with Crippen molar-refractivity contribution in [3.63, 3.8) is 0 Å². The van der Waals surface area contributed by atoms with Gasteiger partial charge in [-0.3, -0.25) is 0 Å². The number of fused-ring (bicyclic) bond motifs is 1. The first-order chi connectivity index (χ1) is 7.70. The van der Waals surface area contributed by atoms with Crippen LogP contribution in [0.1, 0.15) is 23.9 Å². The summed E-state index contributed by atoms with van der Waals surface area (Å²) in [7, 11) is 0. The summed E-state index contributed by atoms with van der Waals surface area (Å²) in [6.07, 6.45) is 1.55. The van der Waals surface area contributed by atoms with Crippen molar-refractivity contribution in [1.29, 1.82) is 0 Å². The Hall–Kier alpha value is -1.30. The average molecular weight is 241 g/mol. The first-order valence-corrected chi connectivity index (χ1v) is 6.18. The third kappa shape index (κ3) is 2.27. The number of amides is 1. The van der Waals surface area contributed by atoms with E-state index in [1.54, 1.807) is 4.90 Å². The van der Waals surface area contributed by atoms with Crippen LogP contribution < -0.4 is 5.73 Å². The highest BCUT2D eigenvalue weighted by Crippen LogP contribution is 2.26. The van der Waals surface area contributed by atoms with Crippen LogP contribution in [0, 0.1) is 0 Å². The molecule has 1 aromatic heterocycles. The zero-order valence-corrected chi connectivity index (χ0v) is 10.0. The van der Waals surface area contributed by atoms with Crippen LogP contribution in [0.2, 0.25) is 0 Å². The van der Waals surface area contributed by atoms with Crippen LogP contribution in [-0.2, 0) is 17.7 Å². The van der Waals surface area contributed by atoms with Gasteiger partial charge in [-0.25, -0.2) is 9.78 Å². The predicted molar refractivity (Wildman–Crippen MR) is 62.3 cm³/mol. The van der Waals surface area contributed by atoms with Crippen LogP contribution in [0.15, 0.2) is 0 Å². The second-order valence-corrected chi connectivity index (χ2v) is 4.76. The number of hydrogen-bond donors (Lipinski definition) is 1. The maximum atomic E-state index is 11.6. The van der Waals surface area contributed by atoms with E-state index in [0.717, 1.165) is 30.0 Å². The highest BCUT2D eigenvalue weighted by atomic mass is 32.1. The molecule has 0 spiro atoms. The number of aryl methyl sites for hydroxylation is 1. The number of carbonyl (C=O) groups excluding carboxylic acids is 1.